The number of aromatic hydroxyl groups is 1. The fraction of sp³-hybridized carbons (Fsp3) is 0. The normalized spacial score (nSPS) is 14.5. The molecule has 5 rings (SSSR count). The van der Waals surface area contributed by atoms with Gasteiger partial charge in [0.1, 0.15) is 20.8 Å². The second-order valence-corrected chi connectivity index (χ2v) is 13.1. The Balaban J connectivity index is 1.49. The van der Waals surface area contributed by atoms with Crippen molar-refractivity contribution in [3.63, 3.8) is 0 Å². The van der Waals surface area contributed by atoms with Gasteiger partial charge < -0.3 is 5.11 Å². The number of ketones is 1. The lowest BCUT2D eigenvalue weighted by atomic mass is 9.94. The molecule has 24 heteroatoms. The second-order valence-electron chi connectivity index (χ2n) is 10.3. The average molecular weight is 755 g/mol. The average Bonchev–Trinajstić information content (AvgIpc) is 3.07. The number of Topliss-reactive ketones (excluding diaryl/α,β-unsaturated/α-hetero) is 1. The monoisotopic (exact) mass is 754 g/mol. The van der Waals surface area contributed by atoms with Gasteiger partial charge in [0.2, 0.25) is 22.4 Å². The molecule has 0 aromatic heterocycles. The molecule has 4 aromatic rings. The van der Waals surface area contributed by atoms with Gasteiger partial charge in [0.05, 0.1) is 21.2 Å². The Morgan fingerprint density at radius 3 is 1.98 bits per heavy atom. The maximum absolute atomic E-state index is 13.5. The fourth-order valence-corrected chi connectivity index (χ4v) is 5.61. The number of hydrogen-bond acceptors (Lipinski definition) is 18. The summed E-state index contributed by atoms with van der Waals surface area (Å²) in [5.74, 6) is -2.39. The second kappa shape index (κ2) is 13.7. The molecular weight excluding hydrogens is 736 g/mol. The highest BCUT2D eigenvalue weighted by Crippen LogP contribution is 2.37. The minimum atomic E-state index is -5.19. The summed E-state index contributed by atoms with van der Waals surface area (Å²) in [5, 5.41) is 42.8. The molecule has 1 aliphatic rings. The van der Waals surface area contributed by atoms with Crippen molar-refractivity contribution in [1.29, 1.82) is 0 Å². The van der Waals surface area contributed by atoms with Crippen LogP contribution in [0.5, 0.6) is 5.75 Å². The summed E-state index contributed by atoms with van der Waals surface area (Å²) in [4.78, 5) is 57.0. The van der Waals surface area contributed by atoms with E-state index in [4.69, 9.17) is 0 Å². The van der Waals surface area contributed by atoms with Gasteiger partial charge in [0.15, 0.2) is 11.1 Å². The van der Waals surface area contributed by atoms with E-state index in [9.17, 15) is 65.7 Å². The molecule has 0 amide bonds. The number of nitrogens with one attached hydrogen (secondary N) is 3. The molecule has 52 heavy (non-hydrogen) atoms. The smallest absolute Gasteiger partial charge is 0.314 e. The van der Waals surface area contributed by atoms with Crippen LogP contribution in [-0.4, -0.2) is 52.4 Å². The van der Waals surface area contributed by atoms with Crippen molar-refractivity contribution < 1.29 is 45.7 Å². The van der Waals surface area contributed by atoms with Crippen LogP contribution in [0.15, 0.2) is 101 Å². The Labute approximate surface area is 287 Å². The van der Waals surface area contributed by atoms with Crippen molar-refractivity contribution >= 4 is 66.2 Å². The van der Waals surface area contributed by atoms with Gasteiger partial charge in [-0.25, -0.2) is 0 Å². The van der Waals surface area contributed by atoms with E-state index in [-0.39, 0.29) is 33.5 Å². The van der Waals surface area contributed by atoms with Crippen LogP contribution >= 0.6 is 0 Å². The lowest BCUT2D eigenvalue weighted by Gasteiger charge is -2.17. The van der Waals surface area contributed by atoms with Crippen LogP contribution in [0.25, 0.3) is 6.08 Å². The molecule has 0 saturated heterocycles. The zero-order valence-corrected chi connectivity index (χ0v) is 26.9. The van der Waals surface area contributed by atoms with Crippen LogP contribution in [0, 0.1) is 20.2 Å². The van der Waals surface area contributed by atoms with Gasteiger partial charge in [0, 0.05) is 23.8 Å². The predicted molar refractivity (Wildman–Crippen MR) is 179 cm³/mol. The largest absolute Gasteiger partial charge is 0.501 e. The van der Waals surface area contributed by atoms with Crippen molar-refractivity contribution in [1.82, 2.24) is 0 Å². The first-order valence-electron chi connectivity index (χ1n) is 13.7. The van der Waals surface area contributed by atoms with E-state index < -0.39 is 84.7 Å². The number of carbonyl (C=O) groups is 1. The van der Waals surface area contributed by atoms with E-state index in [1.807, 2.05) is 5.43 Å². The van der Waals surface area contributed by atoms with Gasteiger partial charge in [0.25, 0.3) is 25.9 Å². The fourth-order valence-electron chi connectivity index (χ4n) is 4.42. The summed E-state index contributed by atoms with van der Waals surface area (Å²) >= 11 is 0. The molecule has 1 aliphatic carbocycles. The zero-order chi connectivity index (χ0) is 38.1. The number of phenolic OH excluding ortho intramolecular Hbond substituents is 1. The lowest BCUT2D eigenvalue weighted by Crippen LogP contribution is -2.47. The predicted octanol–water partition coefficient (Wildman–Crippen LogP) is 0.800. The number of nitro benzene ring substituents is 2. The number of allylic oxidation sites excluding steroid dienone is 1. The van der Waals surface area contributed by atoms with Crippen molar-refractivity contribution in [3.05, 3.63) is 134 Å². The number of phenols is 1. The highest BCUT2D eigenvalue weighted by molar-refractivity contribution is 7.91. The molecule has 0 saturated carbocycles. The molecule has 0 fully saturated rings. The maximum atomic E-state index is 13.5. The summed E-state index contributed by atoms with van der Waals surface area (Å²) in [6, 6.07) is 11.4. The van der Waals surface area contributed by atoms with Gasteiger partial charge in [-0.05, 0) is 54.1 Å². The molecule has 22 nitrogen and oxygen atoms in total. The van der Waals surface area contributed by atoms with E-state index in [2.05, 4.69) is 26.2 Å². The molecule has 0 aliphatic heterocycles. The first-order chi connectivity index (χ1) is 24.3. The van der Waals surface area contributed by atoms with Gasteiger partial charge in [-0.3, -0.25) is 60.0 Å². The quantitative estimate of drug-likeness (QED) is 0.0564. The van der Waals surface area contributed by atoms with Crippen molar-refractivity contribution in [2.24, 2.45) is 15.3 Å². The number of non-ortho nitro benzene ring substituents is 1. The summed E-state index contributed by atoms with van der Waals surface area (Å²) < 4.78 is 66.8. The van der Waals surface area contributed by atoms with E-state index in [1.165, 1.54) is 36.4 Å². The number of benzene rings is 4. The van der Waals surface area contributed by atoms with Gasteiger partial charge in [-0.1, -0.05) is 6.07 Å². The van der Waals surface area contributed by atoms with E-state index >= 15 is 0 Å². The van der Waals surface area contributed by atoms with Crippen molar-refractivity contribution in [2.75, 3.05) is 16.3 Å². The molecular formula is C28H18N8O14S2. The number of rotatable bonds is 10. The van der Waals surface area contributed by atoms with Crippen molar-refractivity contribution in [2.45, 2.75) is 4.90 Å². The van der Waals surface area contributed by atoms with Gasteiger partial charge in [-0.15, -0.1) is 0 Å². The maximum Gasteiger partial charge on any atom is 0.314 e. The molecule has 0 bridgehead atoms. The molecule has 0 atom stereocenters. The zero-order valence-electron chi connectivity index (χ0n) is 25.3. The third-order valence-corrected chi connectivity index (χ3v) is 8.61. The lowest BCUT2D eigenvalue weighted by molar-refractivity contribution is -0.386. The number of hydrogen-bond donors (Lipinski definition) is 6. The molecule has 0 heterocycles. The van der Waals surface area contributed by atoms with Crippen LogP contribution < -0.4 is 37.8 Å². The highest BCUT2D eigenvalue weighted by atomic mass is 32.2. The van der Waals surface area contributed by atoms with Gasteiger partial charge >= 0.3 is 5.69 Å². The summed E-state index contributed by atoms with van der Waals surface area (Å²) in [5.41, 5.74) is 1.77. The van der Waals surface area contributed by atoms with E-state index in [1.54, 1.807) is 0 Å². The van der Waals surface area contributed by atoms with Gasteiger partial charge in [-0.2, -0.15) is 32.1 Å². The first kappa shape index (κ1) is 36.3. The Kier molecular flexibility index (Phi) is 9.56. The van der Waals surface area contributed by atoms with Crippen LogP contribution in [-0.2, 0) is 20.2 Å². The van der Waals surface area contributed by atoms with Crippen LogP contribution in [0.3, 0.4) is 0 Å². The summed E-state index contributed by atoms with van der Waals surface area (Å²) in [7, 11) is -10.3. The third kappa shape index (κ3) is 7.58. The van der Waals surface area contributed by atoms with Crippen LogP contribution in [0.2, 0.25) is 0 Å². The molecule has 4 aromatic carbocycles. The van der Waals surface area contributed by atoms with Crippen LogP contribution in [0.1, 0.15) is 15.9 Å². The Hall–Kier alpha value is -7.02. The standard InChI is InChI=1S/C28H18N8O14S2/c37-22-8-7-19(28(40)24(22)33-29-14-3-5-16(6-4-14)35(41)42)31-30-15-2-1-13-9-23(52(48,49)50)25(26(38)18(13)10-15)34-32-20-11-17(51(45,46)47)12-21(27(20)39)36(43)44/h1-12,29-30,32,39H,(H,45,46,47)(H,48,49,50)/b31-19-,33-24+,34-25+. The van der Waals surface area contributed by atoms with Crippen molar-refractivity contribution in [3.8, 4) is 5.75 Å². The number of fused-ring (bicyclic) bond motifs is 1. The molecule has 0 radical (unpaired) electrons. The minimum absolute atomic E-state index is 0.0188. The molecule has 0 unspecified atom stereocenters. The number of nitrogens with zero attached hydrogens (tertiary/aromatic N) is 5. The highest BCUT2D eigenvalue weighted by Gasteiger charge is 2.33. The van der Waals surface area contributed by atoms with Crippen LogP contribution in [0.4, 0.5) is 28.4 Å². The third-order valence-electron chi connectivity index (χ3n) is 6.91. The number of carbonyl (C=O) groups excluding carboxylic acids is 1. The Bertz CT molecular complexity index is 2740. The summed E-state index contributed by atoms with van der Waals surface area (Å²) in [6.07, 6.45) is 0.832. The number of nitro groups is 2. The molecule has 0 spiro atoms. The SMILES string of the molecule is O=C1/C(=N/Nc2cc(S(=O)(=O)O)cc([N+](=O)[O-])c2O)C(S(=O)(=O)O)=Cc2ccc(N/N=c3/ccc(=O)/c(=N\Nc4ccc([N+](=O)[O-])cc4)c3=O)cc21. The number of anilines is 3. The number of hydrazone groups is 1. The van der Waals surface area contributed by atoms with E-state index in [0.29, 0.717) is 12.1 Å². The Morgan fingerprint density at radius 2 is 1.37 bits per heavy atom. The molecule has 266 valence electrons. The topological polar surface area (TPSA) is 340 Å². The molecule has 6 N–H and O–H groups in total. The van der Waals surface area contributed by atoms with E-state index in [0.717, 1.165) is 24.3 Å². The summed E-state index contributed by atoms with van der Waals surface area (Å²) in [6.45, 7) is 0. The Morgan fingerprint density at radius 1 is 0.712 bits per heavy atom. The minimum Gasteiger partial charge on any atom is -0.501 e. The first-order valence-corrected chi connectivity index (χ1v) is 16.6.